The number of aromatic nitrogens is 1. The van der Waals surface area contributed by atoms with Gasteiger partial charge in [-0.15, -0.1) is 0 Å². The van der Waals surface area contributed by atoms with Gasteiger partial charge in [-0.1, -0.05) is 0 Å². The van der Waals surface area contributed by atoms with E-state index in [0.29, 0.717) is 0 Å². The Kier molecular flexibility index (Phi) is 3.76. The van der Waals surface area contributed by atoms with Crippen LogP contribution in [-0.2, 0) is 12.7 Å². The largest absolute Gasteiger partial charge is 0.419 e. The maximum Gasteiger partial charge on any atom is 0.419 e. The minimum atomic E-state index is -5.08. The van der Waals surface area contributed by atoms with Crippen molar-refractivity contribution in [1.82, 2.24) is 4.98 Å². The van der Waals surface area contributed by atoms with E-state index in [2.05, 4.69) is 4.98 Å². The number of halogens is 5. The van der Waals surface area contributed by atoms with Crippen molar-refractivity contribution in [3.05, 3.63) is 28.6 Å². The molecule has 2 N–H and O–H groups in total. The Morgan fingerprint density at radius 1 is 1.41 bits per heavy atom. The number of aldehydes is 1. The Bertz CT molecular complexity index is 430. The number of pyridine rings is 1. The summed E-state index contributed by atoms with van der Waals surface area (Å²) in [7, 11) is 0. The molecule has 1 rings (SSSR count). The van der Waals surface area contributed by atoms with Crippen LogP contribution in [0.4, 0.5) is 22.0 Å². The Labute approximate surface area is 92.4 Å². The minimum Gasteiger partial charge on any atom is -0.326 e. The molecule has 0 spiro atoms. The highest BCUT2D eigenvalue weighted by Crippen LogP contribution is 2.39. The summed E-state index contributed by atoms with van der Waals surface area (Å²) in [5.41, 5.74) is 0.568. The van der Waals surface area contributed by atoms with Crippen LogP contribution >= 0.6 is 0 Å². The number of hydrogen-bond acceptors (Lipinski definition) is 3. The molecule has 0 unspecified atom stereocenters. The third kappa shape index (κ3) is 2.57. The highest BCUT2D eigenvalue weighted by Gasteiger charge is 2.40. The van der Waals surface area contributed by atoms with Gasteiger partial charge >= 0.3 is 6.18 Å². The van der Waals surface area contributed by atoms with Crippen molar-refractivity contribution < 1.29 is 26.7 Å². The number of alkyl halides is 5. The van der Waals surface area contributed by atoms with E-state index in [1.165, 1.54) is 0 Å². The molecule has 0 saturated heterocycles. The molecule has 0 aromatic carbocycles. The zero-order chi connectivity index (χ0) is 13.2. The highest BCUT2D eigenvalue weighted by molar-refractivity contribution is 5.75. The summed E-state index contributed by atoms with van der Waals surface area (Å²) >= 11 is 0. The lowest BCUT2D eigenvalue weighted by Crippen LogP contribution is -2.18. The van der Waals surface area contributed by atoms with Crippen LogP contribution in [0.5, 0.6) is 0 Å². The fourth-order valence-electron chi connectivity index (χ4n) is 1.38. The van der Waals surface area contributed by atoms with Crippen molar-refractivity contribution in [3.8, 4) is 0 Å². The van der Waals surface area contributed by atoms with Gasteiger partial charge in [-0.05, 0) is 5.56 Å². The zero-order valence-electron chi connectivity index (χ0n) is 8.26. The van der Waals surface area contributed by atoms with Gasteiger partial charge in [-0.3, -0.25) is 9.78 Å². The number of carbonyl (C=O) groups is 1. The minimum absolute atomic E-state index is 0.213. The first-order chi connectivity index (χ1) is 7.82. The van der Waals surface area contributed by atoms with Crippen LogP contribution < -0.4 is 5.73 Å². The van der Waals surface area contributed by atoms with Gasteiger partial charge in [-0.2, -0.15) is 13.2 Å². The molecule has 8 heteroatoms. The topological polar surface area (TPSA) is 56.0 Å². The second-order valence-electron chi connectivity index (χ2n) is 3.08. The molecule has 1 aromatic rings. The highest BCUT2D eigenvalue weighted by atomic mass is 19.4. The fraction of sp³-hybridized carbons (Fsp3) is 0.333. The van der Waals surface area contributed by atoms with Crippen LogP contribution in [0.15, 0.2) is 6.20 Å². The summed E-state index contributed by atoms with van der Waals surface area (Å²) < 4.78 is 63.0. The van der Waals surface area contributed by atoms with Crippen molar-refractivity contribution in [1.29, 1.82) is 0 Å². The summed E-state index contributed by atoms with van der Waals surface area (Å²) in [4.78, 5) is 13.6. The predicted molar refractivity (Wildman–Crippen MR) is 47.5 cm³/mol. The molecule has 0 radical (unpaired) electrons. The molecule has 0 saturated carbocycles. The van der Waals surface area contributed by atoms with E-state index in [0.717, 1.165) is 6.20 Å². The van der Waals surface area contributed by atoms with Crippen LogP contribution in [0.1, 0.15) is 33.6 Å². The average Bonchev–Trinajstić information content (AvgIpc) is 2.25. The predicted octanol–water partition coefficient (Wildman–Crippen LogP) is 2.31. The van der Waals surface area contributed by atoms with E-state index in [1.54, 1.807) is 0 Å². The van der Waals surface area contributed by atoms with Gasteiger partial charge in [0.05, 0.1) is 5.56 Å². The van der Waals surface area contributed by atoms with Crippen LogP contribution in [0.3, 0.4) is 0 Å². The van der Waals surface area contributed by atoms with Crippen LogP contribution in [0, 0.1) is 0 Å². The number of rotatable bonds is 3. The summed E-state index contributed by atoms with van der Waals surface area (Å²) in [5, 5.41) is 0. The van der Waals surface area contributed by atoms with E-state index in [9.17, 15) is 26.7 Å². The van der Waals surface area contributed by atoms with Gasteiger partial charge in [0.1, 0.15) is 5.69 Å². The van der Waals surface area contributed by atoms with Crippen LogP contribution in [0.2, 0.25) is 0 Å². The molecular formula is C9H7F5N2O. The van der Waals surface area contributed by atoms with Gasteiger partial charge in [0, 0.05) is 18.3 Å². The third-order valence-corrected chi connectivity index (χ3v) is 2.06. The van der Waals surface area contributed by atoms with Crippen molar-refractivity contribution in [2.24, 2.45) is 5.73 Å². The van der Waals surface area contributed by atoms with E-state index in [4.69, 9.17) is 5.73 Å². The second kappa shape index (κ2) is 4.74. The number of nitrogens with two attached hydrogens (primary N) is 1. The lowest BCUT2D eigenvalue weighted by molar-refractivity contribution is -0.140. The maximum absolute atomic E-state index is 12.6. The monoisotopic (exact) mass is 254 g/mol. The number of nitrogens with zero attached hydrogens (tertiary/aromatic N) is 1. The quantitative estimate of drug-likeness (QED) is 0.665. The molecular weight excluding hydrogens is 247 g/mol. The molecule has 0 aliphatic carbocycles. The Morgan fingerprint density at radius 2 is 2.00 bits per heavy atom. The molecule has 17 heavy (non-hydrogen) atoms. The van der Waals surface area contributed by atoms with Crippen molar-refractivity contribution in [2.75, 3.05) is 0 Å². The van der Waals surface area contributed by atoms with Gasteiger partial charge < -0.3 is 5.73 Å². The Morgan fingerprint density at radius 3 is 2.35 bits per heavy atom. The van der Waals surface area contributed by atoms with E-state index in [-0.39, 0.29) is 6.29 Å². The first-order valence-electron chi connectivity index (χ1n) is 4.35. The zero-order valence-corrected chi connectivity index (χ0v) is 8.26. The average molecular weight is 254 g/mol. The summed E-state index contributed by atoms with van der Waals surface area (Å²) in [5.74, 6) is 0. The smallest absolute Gasteiger partial charge is 0.326 e. The molecule has 0 aliphatic heterocycles. The fourth-order valence-corrected chi connectivity index (χ4v) is 1.38. The van der Waals surface area contributed by atoms with Gasteiger partial charge in [0.2, 0.25) is 0 Å². The van der Waals surface area contributed by atoms with Gasteiger partial charge in [-0.25, -0.2) is 8.78 Å². The first-order valence-corrected chi connectivity index (χ1v) is 4.35. The first kappa shape index (κ1) is 13.5. The summed E-state index contributed by atoms with van der Waals surface area (Å²) in [6.45, 7) is -0.519. The van der Waals surface area contributed by atoms with E-state index < -0.39 is 41.5 Å². The molecule has 1 aromatic heterocycles. The summed E-state index contributed by atoms with van der Waals surface area (Å²) in [6.07, 6.45) is -7.93. The van der Waals surface area contributed by atoms with Crippen molar-refractivity contribution in [3.63, 3.8) is 0 Å². The van der Waals surface area contributed by atoms with Gasteiger partial charge in [0.15, 0.2) is 6.29 Å². The van der Waals surface area contributed by atoms with Crippen LogP contribution in [0.25, 0.3) is 0 Å². The van der Waals surface area contributed by atoms with Crippen LogP contribution in [-0.4, -0.2) is 11.3 Å². The summed E-state index contributed by atoms with van der Waals surface area (Å²) in [6, 6.07) is 0. The maximum atomic E-state index is 12.6. The molecule has 0 aliphatic rings. The molecule has 1 heterocycles. The third-order valence-electron chi connectivity index (χ3n) is 2.06. The lowest BCUT2D eigenvalue weighted by atomic mass is 10.0. The standard InChI is InChI=1S/C9H7F5N2O/c10-8(11)6-4(1-15)2-16-5(3-17)7(6)9(12,13)14/h2-3,8H,1,15H2. The Hall–Kier alpha value is -1.57. The van der Waals surface area contributed by atoms with Crippen molar-refractivity contribution in [2.45, 2.75) is 19.1 Å². The number of hydrogen-bond donors (Lipinski definition) is 1. The second-order valence-corrected chi connectivity index (χ2v) is 3.08. The number of carbonyl (C=O) groups excluding carboxylic acids is 1. The molecule has 0 bridgehead atoms. The van der Waals surface area contributed by atoms with E-state index in [1.807, 2.05) is 0 Å². The van der Waals surface area contributed by atoms with Crippen molar-refractivity contribution >= 4 is 6.29 Å². The molecule has 0 amide bonds. The Balaban J connectivity index is 3.65. The molecule has 0 atom stereocenters. The SMILES string of the molecule is NCc1cnc(C=O)c(C(F)(F)F)c1C(F)F. The molecule has 94 valence electrons. The normalized spacial score (nSPS) is 11.9. The van der Waals surface area contributed by atoms with Gasteiger partial charge in [0.25, 0.3) is 6.43 Å². The van der Waals surface area contributed by atoms with E-state index >= 15 is 0 Å². The molecule has 0 fully saturated rings. The lowest BCUT2D eigenvalue weighted by Gasteiger charge is -2.16. The molecule has 3 nitrogen and oxygen atoms in total.